The highest BCUT2D eigenvalue weighted by Crippen LogP contribution is 2.34. The Morgan fingerprint density at radius 3 is 2.49 bits per heavy atom. The maximum Gasteiger partial charge on any atom is 0.349 e. The largest absolute Gasteiger partial charge is 0.390 e. The maximum atomic E-state index is 13.7. The van der Waals surface area contributed by atoms with Gasteiger partial charge in [-0.15, -0.1) is 0 Å². The monoisotopic (exact) mass is 505 g/mol. The molecule has 0 bridgehead atoms. The Hall–Kier alpha value is -3.87. The summed E-state index contributed by atoms with van der Waals surface area (Å²) in [5.74, 6) is 0.0568. The van der Waals surface area contributed by atoms with Gasteiger partial charge in [-0.25, -0.2) is 14.8 Å². The molecule has 0 aromatic carbocycles. The minimum atomic E-state index is -0.524. The Morgan fingerprint density at radius 2 is 1.86 bits per heavy atom. The summed E-state index contributed by atoms with van der Waals surface area (Å²) in [6.07, 6.45) is 3.27. The standard InChI is InChI=1S/C27H32FN7O2/c1-16-20(12-14-22(28)30-16)23(33-37-27(2,3)4)17-7-10-19(11-8-17)34(5)25-24-21(35(6)26(36)32-25)13-9-18(15-29)31-24/h9,12-14,17,19H,7-8,10-11H2,1-6H3/b33-23-. The molecule has 1 aliphatic rings. The Bertz CT molecular complexity index is 1440. The molecule has 0 N–H and O–H groups in total. The molecule has 0 radical (unpaired) electrons. The van der Waals surface area contributed by atoms with E-state index in [1.807, 2.05) is 32.7 Å². The van der Waals surface area contributed by atoms with Crippen molar-refractivity contribution in [1.82, 2.24) is 19.5 Å². The molecule has 194 valence electrons. The van der Waals surface area contributed by atoms with Gasteiger partial charge in [-0.1, -0.05) is 5.16 Å². The van der Waals surface area contributed by atoms with E-state index >= 15 is 0 Å². The van der Waals surface area contributed by atoms with Crippen molar-refractivity contribution in [2.75, 3.05) is 11.9 Å². The summed E-state index contributed by atoms with van der Waals surface area (Å²) >= 11 is 0. The number of rotatable bonds is 5. The van der Waals surface area contributed by atoms with Crippen molar-refractivity contribution in [3.8, 4) is 6.07 Å². The number of nitrogens with zero attached hydrogens (tertiary/aromatic N) is 7. The van der Waals surface area contributed by atoms with Crippen LogP contribution in [0.4, 0.5) is 10.2 Å². The SMILES string of the molecule is Cc1nc(F)ccc1/C(=N\OC(C)(C)C)C1CCC(N(C)c2nc(=O)n(C)c3ccc(C#N)nc23)CC1. The molecule has 4 rings (SSSR count). The van der Waals surface area contributed by atoms with Crippen molar-refractivity contribution in [3.63, 3.8) is 0 Å². The fourth-order valence-electron chi connectivity index (χ4n) is 4.76. The second kappa shape index (κ2) is 10.2. The fourth-order valence-corrected chi connectivity index (χ4v) is 4.76. The van der Waals surface area contributed by atoms with E-state index in [2.05, 4.69) is 26.2 Å². The van der Waals surface area contributed by atoms with Crippen molar-refractivity contribution in [2.24, 2.45) is 18.1 Å². The molecule has 0 aliphatic heterocycles. The third kappa shape index (κ3) is 5.61. The number of oxime groups is 1. The number of halogens is 1. The molecular formula is C27H32FN7O2. The first kappa shape index (κ1) is 26.2. The van der Waals surface area contributed by atoms with E-state index in [1.165, 1.54) is 10.6 Å². The average molecular weight is 506 g/mol. The lowest BCUT2D eigenvalue weighted by Gasteiger charge is -2.36. The van der Waals surface area contributed by atoms with Crippen molar-refractivity contribution in [3.05, 3.63) is 57.6 Å². The van der Waals surface area contributed by atoms with Crippen molar-refractivity contribution in [2.45, 2.75) is 65.0 Å². The highest BCUT2D eigenvalue weighted by atomic mass is 19.1. The molecule has 3 aromatic heterocycles. The van der Waals surface area contributed by atoms with Crippen LogP contribution in [0.15, 0.2) is 34.2 Å². The highest BCUT2D eigenvalue weighted by molar-refractivity contribution is 6.02. The van der Waals surface area contributed by atoms with Crippen LogP contribution < -0.4 is 10.6 Å². The zero-order chi connectivity index (χ0) is 26.9. The molecule has 37 heavy (non-hydrogen) atoms. The number of pyridine rings is 2. The quantitative estimate of drug-likeness (QED) is 0.290. The lowest BCUT2D eigenvalue weighted by atomic mass is 9.80. The van der Waals surface area contributed by atoms with Crippen molar-refractivity contribution < 1.29 is 9.23 Å². The van der Waals surface area contributed by atoms with Crippen LogP contribution in [0.25, 0.3) is 11.0 Å². The number of nitriles is 1. The molecule has 10 heteroatoms. The lowest BCUT2D eigenvalue weighted by molar-refractivity contribution is -0.0000451. The smallest absolute Gasteiger partial charge is 0.349 e. The van der Waals surface area contributed by atoms with Gasteiger partial charge in [0.15, 0.2) is 5.82 Å². The van der Waals surface area contributed by atoms with E-state index < -0.39 is 11.5 Å². The molecule has 0 unspecified atom stereocenters. The molecule has 0 saturated heterocycles. The second-order valence-corrected chi connectivity index (χ2v) is 10.5. The van der Waals surface area contributed by atoms with Crippen LogP contribution in [-0.4, -0.2) is 43.9 Å². The van der Waals surface area contributed by atoms with Gasteiger partial charge < -0.3 is 9.74 Å². The van der Waals surface area contributed by atoms with Gasteiger partial charge in [-0.3, -0.25) is 4.57 Å². The van der Waals surface area contributed by atoms with Gasteiger partial charge in [0.25, 0.3) is 0 Å². The minimum Gasteiger partial charge on any atom is -0.390 e. The van der Waals surface area contributed by atoms with E-state index in [9.17, 15) is 14.4 Å². The fraction of sp³-hybridized carbons (Fsp3) is 0.481. The highest BCUT2D eigenvalue weighted by Gasteiger charge is 2.31. The number of hydrogen-bond acceptors (Lipinski definition) is 8. The molecule has 0 amide bonds. The van der Waals surface area contributed by atoms with Crippen LogP contribution in [0.1, 0.15) is 63.4 Å². The second-order valence-electron chi connectivity index (χ2n) is 10.5. The molecular weight excluding hydrogens is 473 g/mol. The van der Waals surface area contributed by atoms with Crippen molar-refractivity contribution >= 4 is 22.6 Å². The van der Waals surface area contributed by atoms with Crippen LogP contribution >= 0.6 is 0 Å². The maximum absolute atomic E-state index is 13.7. The Labute approximate surface area is 215 Å². The first-order valence-corrected chi connectivity index (χ1v) is 12.4. The van der Waals surface area contributed by atoms with Gasteiger partial charge in [-0.2, -0.15) is 14.6 Å². The molecule has 3 aromatic rings. The normalized spacial score (nSPS) is 18.5. The third-order valence-corrected chi connectivity index (χ3v) is 6.76. The van der Waals surface area contributed by atoms with Crippen molar-refractivity contribution in [1.29, 1.82) is 5.26 Å². The van der Waals surface area contributed by atoms with Gasteiger partial charge in [0.2, 0.25) is 5.95 Å². The molecule has 1 saturated carbocycles. The zero-order valence-corrected chi connectivity index (χ0v) is 22.1. The molecule has 1 aliphatic carbocycles. The van der Waals surface area contributed by atoms with E-state index in [1.54, 1.807) is 32.2 Å². The van der Waals surface area contributed by atoms with Crippen LogP contribution in [0, 0.1) is 30.1 Å². The molecule has 1 fully saturated rings. The number of fused-ring (bicyclic) bond motifs is 1. The minimum absolute atomic E-state index is 0.106. The summed E-state index contributed by atoms with van der Waals surface area (Å²) in [6, 6.07) is 8.58. The van der Waals surface area contributed by atoms with Crippen LogP contribution in [-0.2, 0) is 11.9 Å². The first-order chi connectivity index (χ1) is 17.5. The summed E-state index contributed by atoms with van der Waals surface area (Å²) < 4.78 is 15.1. The average Bonchev–Trinajstić information content (AvgIpc) is 2.86. The van der Waals surface area contributed by atoms with Gasteiger partial charge in [0.1, 0.15) is 22.9 Å². The van der Waals surface area contributed by atoms with Gasteiger partial charge in [0, 0.05) is 37.3 Å². The Balaban J connectivity index is 1.61. The zero-order valence-electron chi connectivity index (χ0n) is 22.1. The Kier molecular flexibility index (Phi) is 7.25. The van der Waals surface area contributed by atoms with E-state index in [4.69, 9.17) is 4.84 Å². The topological polar surface area (TPSA) is 109 Å². The van der Waals surface area contributed by atoms with Crippen LogP contribution in [0.5, 0.6) is 0 Å². The van der Waals surface area contributed by atoms with Gasteiger partial charge >= 0.3 is 5.69 Å². The summed E-state index contributed by atoms with van der Waals surface area (Å²) in [6.45, 7) is 7.58. The molecule has 9 nitrogen and oxygen atoms in total. The lowest BCUT2D eigenvalue weighted by Crippen LogP contribution is -2.39. The first-order valence-electron chi connectivity index (χ1n) is 12.4. The van der Waals surface area contributed by atoms with Crippen LogP contribution in [0.3, 0.4) is 0 Å². The third-order valence-electron chi connectivity index (χ3n) is 6.76. The molecule has 3 heterocycles. The molecule has 0 spiro atoms. The van der Waals surface area contributed by atoms with E-state index in [0.29, 0.717) is 22.5 Å². The summed E-state index contributed by atoms with van der Waals surface area (Å²) in [5, 5.41) is 13.9. The predicted molar refractivity (Wildman–Crippen MR) is 140 cm³/mol. The number of aromatic nitrogens is 4. The van der Waals surface area contributed by atoms with E-state index in [-0.39, 0.29) is 23.3 Å². The predicted octanol–water partition coefficient (Wildman–Crippen LogP) is 4.26. The summed E-state index contributed by atoms with van der Waals surface area (Å²) in [5.41, 5.74) is 2.73. The summed E-state index contributed by atoms with van der Waals surface area (Å²) in [7, 11) is 3.56. The van der Waals surface area contributed by atoms with Gasteiger partial charge in [-0.05, 0) is 77.6 Å². The number of aryl methyl sites for hydroxylation is 2. The molecule has 0 atom stereocenters. The summed E-state index contributed by atoms with van der Waals surface area (Å²) in [4.78, 5) is 33.1. The number of hydrogen-bond donors (Lipinski definition) is 0. The van der Waals surface area contributed by atoms with E-state index in [0.717, 1.165) is 37.0 Å². The Morgan fingerprint density at radius 1 is 1.16 bits per heavy atom. The number of anilines is 1. The van der Waals surface area contributed by atoms with Crippen LogP contribution in [0.2, 0.25) is 0 Å². The van der Waals surface area contributed by atoms with Gasteiger partial charge in [0.05, 0.1) is 11.2 Å².